The van der Waals surface area contributed by atoms with E-state index in [-0.39, 0.29) is 17.5 Å². The van der Waals surface area contributed by atoms with Gasteiger partial charge in [0.2, 0.25) is 0 Å². The summed E-state index contributed by atoms with van der Waals surface area (Å²) in [5.41, 5.74) is 3.11. The molecule has 0 spiro atoms. The molecule has 4 rings (SSSR count). The van der Waals surface area contributed by atoms with E-state index < -0.39 is 0 Å². The summed E-state index contributed by atoms with van der Waals surface area (Å²) in [6.45, 7) is 0. The van der Waals surface area contributed by atoms with Gasteiger partial charge in [-0.05, 0) is 61.3 Å². The first-order valence-corrected chi connectivity index (χ1v) is 9.16. The van der Waals surface area contributed by atoms with Gasteiger partial charge in [-0.1, -0.05) is 48.0 Å². The molecule has 3 heteroatoms. The smallest absolute Gasteiger partial charge is 0.190 e. The van der Waals surface area contributed by atoms with Crippen molar-refractivity contribution in [2.24, 2.45) is 5.92 Å². The molecule has 2 aromatic carbocycles. The van der Waals surface area contributed by atoms with Gasteiger partial charge in [-0.2, -0.15) is 0 Å². The van der Waals surface area contributed by atoms with Crippen LogP contribution < -0.4 is 0 Å². The Morgan fingerprint density at radius 1 is 0.760 bits per heavy atom. The SMILES string of the molecule is O=C1C=C([C@H]2CC[C@H](c3ccc(Cl)cc3)CC2)C(=O)c2ccccc21. The maximum atomic E-state index is 12.8. The molecule has 126 valence electrons. The van der Waals surface area contributed by atoms with Crippen LogP contribution >= 0.6 is 11.6 Å². The van der Waals surface area contributed by atoms with Crippen LogP contribution in [0.3, 0.4) is 0 Å². The minimum Gasteiger partial charge on any atom is -0.289 e. The number of halogens is 1. The number of allylic oxidation sites excluding steroid dienone is 2. The molecule has 0 unspecified atom stereocenters. The normalized spacial score (nSPS) is 23.2. The Bertz CT molecular complexity index is 856. The Hall–Kier alpha value is -2.19. The van der Waals surface area contributed by atoms with Gasteiger partial charge in [0.1, 0.15) is 0 Å². The maximum Gasteiger partial charge on any atom is 0.190 e. The molecule has 1 saturated carbocycles. The second-order valence-corrected chi connectivity index (χ2v) is 7.38. The molecule has 0 bridgehead atoms. The quantitative estimate of drug-likeness (QED) is 0.704. The van der Waals surface area contributed by atoms with E-state index >= 15 is 0 Å². The van der Waals surface area contributed by atoms with Crippen LogP contribution in [0.1, 0.15) is 57.9 Å². The fraction of sp³-hybridized carbons (Fsp3) is 0.273. The molecule has 2 aliphatic carbocycles. The highest BCUT2D eigenvalue weighted by atomic mass is 35.5. The number of rotatable bonds is 2. The molecule has 0 atom stereocenters. The molecule has 25 heavy (non-hydrogen) atoms. The molecular weight excluding hydrogens is 332 g/mol. The molecule has 0 heterocycles. The Morgan fingerprint density at radius 3 is 2.04 bits per heavy atom. The molecule has 2 nitrogen and oxygen atoms in total. The van der Waals surface area contributed by atoms with Crippen LogP contribution in [-0.4, -0.2) is 11.6 Å². The van der Waals surface area contributed by atoms with E-state index in [9.17, 15) is 9.59 Å². The van der Waals surface area contributed by atoms with Crippen LogP contribution in [0, 0.1) is 5.92 Å². The fourth-order valence-electron chi connectivity index (χ4n) is 4.11. The Labute approximate surface area is 152 Å². The van der Waals surface area contributed by atoms with E-state index in [1.54, 1.807) is 24.3 Å². The standard InChI is InChI=1S/C22H19ClO2/c23-17-11-9-15(10-12-17)14-5-7-16(8-6-14)20-13-21(24)18-3-1-2-4-19(18)22(20)25/h1-4,9-14,16H,5-8H2/t14-,16-. The highest BCUT2D eigenvalue weighted by Crippen LogP contribution is 2.40. The highest BCUT2D eigenvalue weighted by molar-refractivity contribution is 6.30. The van der Waals surface area contributed by atoms with Crippen LogP contribution in [0.2, 0.25) is 5.02 Å². The van der Waals surface area contributed by atoms with Crippen LogP contribution in [0.15, 0.2) is 60.2 Å². The second kappa shape index (κ2) is 6.61. The Morgan fingerprint density at radius 2 is 1.36 bits per heavy atom. The monoisotopic (exact) mass is 350 g/mol. The highest BCUT2D eigenvalue weighted by Gasteiger charge is 2.32. The minimum atomic E-state index is -0.0370. The summed E-state index contributed by atoms with van der Waals surface area (Å²) in [4.78, 5) is 25.2. The van der Waals surface area contributed by atoms with Crippen LogP contribution in [-0.2, 0) is 0 Å². The maximum absolute atomic E-state index is 12.8. The predicted octanol–water partition coefficient (Wildman–Crippen LogP) is 5.62. The van der Waals surface area contributed by atoms with E-state index in [1.165, 1.54) is 5.56 Å². The lowest BCUT2D eigenvalue weighted by atomic mass is 9.72. The summed E-state index contributed by atoms with van der Waals surface area (Å²) in [7, 11) is 0. The minimum absolute atomic E-state index is 0.0325. The van der Waals surface area contributed by atoms with E-state index in [0.717, 1.165) is 30.7 Å². The average Bonchev–Trinajstić information content (AvgIpc) is 2.66. The Balaban J connectivity index is 1.50. The molecule has 0 N–H and O–H groups in total. The van der Waals surface area contributed by atoms with Crippen molar-refractivity contribution in [1.29, 1.82) is 0 Å². The molecule has 0 radical (unpaired) electrons. The number of hydrogen-bond donors (Lipinski definition) is 0. The summed E-state index contributed by atoms with van der Waals surface area (Å²) in [6, 6.07) is 15.2. The van der Waals surface area contributed by atoms with Gasteiger partial charge in [0.25, 0.3) is 0 Å². The first kappa shape index (κ1) is 16.3. The number of fused-ring (bicyclic) bond motifs is 1. The number of carbonyl (C=O) groups excluding carboxylic acids is 2. The summed E-state index contributed by atoms with van der Waals surface area (Å²) >= 11 is 5.97. The summed E-state index contributed by atoms with van der Waals surface area (Å²) in [5, 5.41) is 0.757. The molecule has 1 fully saturated rings. The number of ketones is 2. The number of hydrogen-bond acceptors (Lipinski definition) is 2. The molecule has 2 aliphatic rings. The van der Waals surface area contributed by atoms with Gasteiger partial charge < -0.3 is 0 Å². The van der Waals surface area contributed by atoms with Gasteiger partial charge >= 0.3 is 0 Å². The van der Waals surface area contributed by atoms with Crippen molar-refractivity contribution in [2.45, 2.75) is 31.6 Å². The number of benzene rings is 2. The second-order valence-electron chi connectivity index (χ2n) is 6.94. The zero-order chi connectivity index (χ0) is 17.4. The van der Waals surface area contributed by atoms with Gasteiger partial charge in [0.05, 0.1) is 0 Å². The van der Waals surface area contributed by atoms with Crippen molar-refractivity contribution >= 4 is 23.2 Å². The van der Waals surface area contributed by atoms with Crippen LogP contribution in [0.5, 0.6) is 0 Å². The Kier molecular flexibility index (Phi) is 4.30. The number of Topliss-reactive ketones (excluding diaryl/α,β-unsaturated/α-hetero) is 1. The van der Waals surface area contributed by atoms with E-state index in [0.29, 0.717) is 22.6 Å². The third-order valence-corrected chi connectivity index (χ3v) is 5.75. The van der Waals surface area contributed by atoms with Gasteiger partial charge in [-0.15, -0.1) is 0 Å². The lowest BCUT2D eigenvalue weighted by Gasteiger charge is -2.31. The predicted molar refractivity (Wildman–Crippen MR) is 99.3 cm³/mol. The van der Waals surface area contributed by atoms with Crippen molar-refractivity contribution in [1.82, 2.24) is 0 Å². The van der Waals surface area contributed by atoms with Gasteiger partial charge in [0.15, 0.2) is 11.6 Å². The zero-order valence-corrected chi connectivity index (χ0v) is 14.6. The summed E-state index contributed by atoms with van der Waals surface area (Å²) in [5.74, 6) is 0.694. The lowest BCUT2D eigenvalue weighted by molar-refractivity contribution is 0.0970. The zero-order valence-electron chi connectivity index (χ0n) is 13.9. The molecule has 2 aromatic rings. The van der Waals surface area contributed by atoms with Crippen molar-refractivity contribution < 1.29 is 9.59 Å². The van der Waals surface area contributed by atoms with E-state index in [1.807, 2.05) is 18.2 Å². The first-order chi connectivity index (χ1) is 12.1. The largest absolute Gasteiger partial charge is 0.289 e. The topological polar surface area (TPSA) is 34.1 Å². The molecule has 0 aromatic heterocycles. The van der Waals surface area contributed by atoms with Gasteiger partial charge in [-0.3, -0.25) is 9.59 Å². The van der Waals surface area contributed by atoms with Crippen molar-refractivity contribution in [3.63, 3.8) is 0 Å². The molecule has 0 amide bonds. The number of carbonyl (C=O) groups is 2. The summed E-state index contributed by atoms with van der Waals surface area (Å²) < 4.78 is 0. The van der Waals surface area contributed by atoms with Crippen molar-refractivity contribution in [2.75, 3.05) is 0 Å². The third kappa shape index (κ3) is 3.07. The molecule has 0 aliphatic heterocycles. The summed E-state index contributed by atoms with van der Waals surface area (Å²) in [6.07, 6.45) is 5.54. The third-order valence-electron chi connectivity index (χ3n) is 5.49. The van der Waals surface area contributed by atoms with Crippen LogP contribution in [0.4, 0.5) is 0 Å². The van der Waals surface area contributed by atoms with Crippen molar-refractivity contribution in [3.8, 4) is 0 Å². The average molecular weight is 351 g/mol. The van der Waals surface area contributed by atoms with E-state index in [4.69, 9.17) is 11.6 Å². The van der Waals surface area contributed by atoms with Crippen LogP contribution in [0.25, 0.3) is 0 Å². The van der Waals surface area contributed by atoms with Crippen molar-refractivity contribution in [3.05, 3.63) is 81.9 Å². The fourth-order valence-corrected chi connectivity index (χ4v) is 4.24. The molecular formula is C22H19ClO2. The van der Waals surface area contributed by atoms with Gasteiger partial charge in [-0.25, -0.2) is 0 Å². The first-order valence-electron chi connectivity index (χ1n) is 8.78. The molecule has 0 saturated heterocycles. The van der Waals surface area contributed by atoms with E-state index in [2.05, 4.69) is 12.1 Å². The lowest BCUT2D eigenvalue weighted by Crippen LogP contribution is -2.24. The van der Waals surface area contributed by atoms with Gasteiger partial charge in [0, 0.05) is 21.7 Å².